The molecule has 1 fully saturated rings. The van der Waals surface area contributed by atoms with E-state index in [1.807, 2.05) is 35.9 Å². The highest BCUT2D eigenvalue weighted by atomic mass is 32.2. The summed E-state index contributed by atoms with van der Waals surface area (Å²) in [7, 11) is 1.28. The Labute approximate surface area is 222 Å². The van der Waals surface area contributed by atoms with Crippen molar-refractivity contribution in [3.63, 3.8) is 0 Å². The van der Waals surface area contributed by atoms with Gasteiger partial charge in [-0.15, -0.1) is 23.1 Å². The molecule has 190 valence electrons. The van der Waals surface area contributed by atoms with Crippen molar-refractivity contribution < 1.29 is 28.9 Å². The van der Waals surface area contributed by atoms with Crippen LogP contribution < -0.4 is 20.7 Å². The lowest BCUT2D eigenvalue weighted by atomic mass is 10.0. The topological polar surface area (TPSA) is 154 Å². The number of nitrogens with two attached hydrogens (primary N) is 1. The number of amides is 2. The number of β-lactam (4-membered cyclic amide) rings is 1. The van der Waals surface area contributed by atoms with E-state index >= 15 is 0 Å². The van der Waals surface area contributed by atoms with Crippen LogP contribution in [-0.4, -0.2) is 57.7 Å². The van der Waals surface area contributed by atoms with Crippen molar-refractivity contribution in [2.24, 2.45) is 5.16 Å². The number of oxime groups is 1. The molecule has 0 unspecified atom stereocenters. The summed E-state index contributed by atoms with van der Waals surface area (Å²) in [6.45, 7) is 0.533. The van der Waals surface area contributed by atoms with Crippen LogP contribution in [0, 0.1) is 0 Å². The van der Waals surface area contributed by atoms with E-state index < -0.39 is 29.2 Å². The second-order valence-corrected chi connectivity index (χ2v) is 10.8. The van der Waals surface area contributed by atoms with E-state index in [0.717, 1.165) is 26.5 Å². The fourth-order valence-electron chi connectivity index (χ4n) is 4.10. The Balaban J connectivity index is 1.32. The minimum atomic E-state index is -1.45. The number of carbonyl (C=O) groups excluding carboxylic acids is 3. The number of aliphatic carboxylic acids is 1. The van der Waals surface area contributed by atoms with Crippen molar-refractivity contribution in [2.75, 3.05) is 18.6 Å². The van der Waals surface area contributed by atoms with Gasteiger partial charge in [0.2, 0.25) is 0 Å². The lowest BCUT2D eigenvalue weighted by molar-refractivity contribution is -0.658. The molecule has 0 aromatic carbocycles. The number of carboxylic acids is 1. The summed E-state index contributed by atoms with van der Waals surface area (Å²) in [5, 5.41) is 22.7. The Kier molecular flexibility index (Phi) is 6.95. The molecule has 2 aliphatic heterocycles. The number of thioether (sulfide) groups is 1. The van der Waals surface area contributed by atoms with Gasteiger partial charge in [0.25, 0.3) is 16.6 Å². The number of pyridine rings is 1. The maximum atomic E-state index is 13.0. The number of allylic oxidation sites excluding steroid dienone is 2. The summed E-state index contributed by atoms with van der Waals surface area (Å²) < 4.78 is 2.06. The molecular weight excluding hydrogens is 536 g/mol. The number of aromatic nitrogens is 2. The van der Waals surface area contributed by atoms with E-state index in [-0.39, 0.29) is 22.2 Å². The van der Waals surface area contributed by atoms with Crippen LogP contribution >= 0.6 is 34.4 Å². The quantitative estimate of drug-likeness (QED) is 0.173. The molecule has 0 radical (unpaired) electrons. The Bertz CT molecular complexity index is 1490. The van der Waals surface area contributed by atoms with Crippen LogP contribution in [0.3, 0.4) is 0 Å². The number of anilines is 1. The van der Waals surface area contributed by atoms with E-state index in [1.54, 1.807) is 22.8 Å². The lowest BCUT2D eigenvalue weighted by Crippen LogP contribution is -2.71. The van der Waals surface area contributed by atoms with Crippen molar-refractivity contribution in [2.45, 2.75) is 18.0 Å². The van der Waals surface area contributed by atoms with Gasteiger partial charge < -0.3 is 25.8 Å². The second kappa shape index (κ2) is 10.3. The largest absolute Gasteiger partial charge is 0.543 e. The number of rotatable bonds is 8. The van der Waals surface area contributed by atoms with E-state index in [2.05, 4.69) is 20.0 Å². The third-order valence-electron chi connectivity index (χ3n) is 5.74. The van der Waals surface area contributed by atoms with Gasteiger partial charge >= 0.3 is 0 Å². The summed E-state index contributed by atoms with van der Waals surface area (Å²) in [6.07, 6.45) is 5.52. The molecule has 11 nitrogen and oxygen atoms in total. The number of hydrogen-bond donors (Lipinski definition) is 2. The molecule has 14 heteroatoms. The number of hydrogen-bond acceptors (Lipinski definition) is 11. The average Bonchev–Trinajstić information content (AvgIpc) is 3.54. The summed E-state index contributed by atoms with van der Waals surface area (Å²) in [5.41, 5.74) is 6.00. The Morgan fingerprint density at radius 2 is 2.24 bits per heavy atom. The predicted octanol–water partition coefficient (Wildman–Crippen LogP) is 0.238. The first kappa shape index (κ1) is 24.9. The van der Waals surface area contributed by atoms with Gasteiger partial charge in [-0.25, -0.2) is 4.98 Å². The van der Waals surface area contributed by atoms with E-state index in [1.165, 1.54) is 18.9 Å². The number of nitrogen functional groups attached to an aromatic ring is 1. The van der Waals surface area contributed by atoms with Gasteiger partial charge in [-0.3, -0.25) is 14.5 Å². The third kappa shape index (κ3) is 4.70. The van der Waals surface area contributed by atoms with Gasteiger partial charge in [0.05, 0.1) is 17.1 Å². The smallest absolute Gasteiger partial charge is 0.276 e. The Morgan fingerprint density at radius 1 is 1.41 bits per heavy atom. The lowest BCUT2D eigenvalue weighted by Gasteiger charge is -2.50. The molecule has 3 N–H and O–H groups in total. The van der Waals surface area contributed by atoms with E-state index in [4.69, 9.17) is 10.6 Å². The van der Waals surface area contributed by atoms with Gasteiger partial charge in [-0.2, -0.15) is 4.57 Å². The summed E-state index contributed by atoms with van der Waals surface area (Å²) in [4.78, 5) is 48.9. The third-order valence-corrected chi connectivity index (χ3v) is 8.68. The zero-order chi connectivity index (χ0) is 26.1. The monoisotopic (exact) mass is 556 g/mol. The van der Waals surface area contributed by atoms with Gasteiger partial charge in [-0.05, 0) is 29.2 Å². The number of fused-ring (bicyclic) bond motifs is 2. The molecule has 2 amide bonds. The molecule has 0 bridgehead atoms. The molecule has 0 aliphatic carbocycles. The van der Waals surface area contributed by atoms with Crippen LogP contribution in [0.15, 0.2) is 63.7 Å². The summed E-state index contributed by atoms with van der Waals surface area (Å²) in [6, 6.07) is 5.08. The number of carboxylic acid groups (broad SMARTS) is 1. The van der Waals surface area contributed by atoms with Gasteiger partial charge in [0.15, 0.2) is 23.6 Å². The number of nitrogens with one attached hydrogen (secondary N) is 1. The number of thiophene rings is 1. The first-order valence-corrected chi connectivity index (χ1v) is 13.7. The van der Waals surface area contributed by atoms with E-state index in [9.17, 15) is 19.5 Å². The molecule has 2 atom stereocenters. The minimum absolute atomic E-state index is 0.139. The molecule has 5 rings (SSSR count). The molecule has 3 aromatic rings. The van der Waals surface area contributed by atoms with E-state index in [0.29, 0.717) is 17.9 Å². The van der Waals surface area contributed by atoms with Crippen molar-refractivity contribution in [3.8, 4) is 0 Å². The standard InChI is InChI=1S/C23H20N6O5S3/c1-34-27-15(14-11-37-23(24)25-14)18(30)26-16-19(31)29-17(22(32)33)13(10-36-21(16)29)5-3-8-28-7-2-4-12-6-9-35-20(12)28/h2-7,9,11,16,21H,8,10H2,1H3,(H3-,24,25,26,30,32,33)/b5-3+,27-15-/t16-,21-/m1/s1. The fourth-order valence-corrected chi connectivity index (χ4v) is 6.86. The zero-order valence-corrected chi connectivity index (χ0v) is 21.8. The van der Waals surface area contributed by atoms with Crippen LogP contribution in [0.2, 0.25) is 0 Å². The SMILES string of the molecule is CO/N=C(\C(=O)N[C@@H]1C(=O)N2C(C(=O)[O-])=C(/C=C/C[n+]3cccc4ccsc43)CS[C@H]12)c1csc(N)n1. The minimum Gasteiger partial charge on any atom is -0.543 e. The molecule has 3 aromatic heterocycles. The van der Waals surface area contributed by atoms with Crippen LogP contribution in [0.25, 0.3) is 10.2 Å². The highest BCUT2D eigenvalue weighted by Gasteiger charge is 2.53. The maximum absolute atomic E-state index is 13.0. The van der Waals surface area contributed by atoms with Crippen molar-refractivity contribution in [3.05, 3.63) is 64.3 Å². The fraction of sp³-hybridized carbons (Fsp3) is 0.217. The average molecular weight is 557 g/mol. The van der Waals surface area contributed by atoms with Crippen molar-refractivity contribution >= 4 is 73.3 Å². The summed E-state index contributed by atoms with van der Waals surface area (Å²) >= 11 is 4.10. The number of carbonyl (C=O) groups is 3. The molecule has 0 saturated carbocycles. The predicted molar refractivity (Wildman–Crippen MR) is 138 cm³/mol. The molecule has 0 spiro atoms. The first-order valence-electron chi connectivity index (χ1n) is 10.9. The molecule has 37 heavy (non-hydrogen) atoms. The highest BCUT2D eigenvalue weighted by Crippen LogP contribution is 2.40. The van der Waals surface area contributed by atoms with Crippen molar-refractivity contribution in [1.29, 1.82) is 0 Å². The van der Waals surface area contributed by atoms with Gasteiger partial charge in [0.1, 0.15) is 24.2 Å². The van der Waals surface area contributed by atoms with Gasteiger partial charge in [-0.1, -0.05) is 22.6 Å². The van der Waals surface area contributed by atoms with Crippen LogP contribution in [-0.2, 0) is 25.8 Å². The Morgan fingerprint density at radius 3 is 2.97 bits per heavy atom. The zero-order valence-electron chi connectivity index (χ0n) is 19.3. The summed E-state index contributed by atoms with van der Waals surface area (Å²) in [5.74, 6) is -2.36. The van der Waals surface area contributed by atoms with Crippen molar-refractivity contribution in [1.82, 2.24) is 15.2 Å². The maximum Gasteiger partial charge on any atom is 0.276 e. The molecule has 1 saturated heterocycles. The van der Waals surface area contributed by atoms with Gasteiger partial charge in [0, 0.05) is 17.2 Å². The van der Waals surface area contributed by atoms with Crippen LogP contribution in [0.4, 0.5) is 5.13 Å². The number of thiazole rings is 1. The molecule has 5 heterocycles. The first-order chi connectivity index (χ1) is 17.9. The highest BCUT2D eigenvalue weighted by molar-refractivity contribution is 8.00. The molecule has 2 aliphatic rings. The molecular formula is C23H20N6O5S3. The van der Waals surface area contributed by atoms with Crippen LogP contribution in [0.5, 0.6) is 0 Å². The number of nitrogens with zero attached hydrogens (tertiary/aromatic N) is 4. The normalized spacial score (nSPS) is 19.8. The Hall–Kier alpha value is -3.75. The second-order valence-electron chi connectivity index (χ2n) is 7.96. The van der Waals surface area contributed by atoms with Crippen LogP contribution in [0.1, 0.15) is 5.69 Å².